The minimum Gasteiger partial charge on any atom is -0.493 e. The molecule has 1 heterocycles. The molecule has 0 unspecified atom stereocenters. The van der Waals surface area contributed by atoms with E-state index in [2.05, 4.69) is 0 Å². The molecule has 7 heteroatoms. The fourth-order valence-electron chi connectivity index (χ4n) is 2.97. The van der Waals surface area contributed by atoms with Crippen LogP contribution in [0.3, 0.4) is 0 Å². The lowest BCUT2D eigenvalue weighted by molar-refractivity contribution is -0.141. The molecule has 2 amide bonds. The fraction of sp³-hybridized carbons (Fsp3) is 0.579. The van der Waals surface area contributed by atoms with Crippen LogP contribution in [0.2, 0.25) is 0 Å². The Morgan fingerprint density at radius 3 is 2.23 bits per heavy atom. The molecule has 0 aliphatic carbocycles. The van der Waals surface area contributed by atoms with Crippen molar-refractivity contribution in [3.63, 3.8) is 0 Å². The van der Waals surface area contributed by atoms with E-state index < -0.39 is 0 Å². The first kappa shape index (κ1) is 20.0. The highest BCUT2D eigenvalue weighted by molar-refractivity contribution is 5.79. The molecule has 0 saturated carbocycles. The summed E-state index contributed by atoms with van der Waals surface area (Å²) >= 11 is 0. The summed E-state index contributed by atoms with van der Waals surface area (Å²) in [6.45, 7) is 4.85. The molecule has 7 nitrogen and oxygen atoms in total. The van der Waals surface area contributed by atoms with Crippen molar-refractivity contribution in [3.05, 3.63) is 23.8 Å². The quantitative estimate of drug-likeness (QED) is 0.696. The van der Waals surface area contributed by atoms with Gasteiger partial charge in [0.15, 0.2) is 11.5 Å². The van der Waals surface area contributed by atoms with Crippen molar-refractivity contribution in [2.75, 3.05) is 53.6 Å². The highest BCUT2D eigenvalue weighted by atomic mass is 16.5. The maximum Gasteiger partial charge on any atom is 0.248 e. The fourth-order valence-corrected chi connectivity index (χ4v) is 2.97. The van der Waals surface area contributed by atoms with E-state index in [0.29, 0.717) is 57.1 Å². The first-order valence-corrected chi connectivity index (χ1v) is 8.93. The minimum atomic E-state index is -0.0268. The monoisotopic (exact) mass is 364 g/mol. The lowest BCUT2D eigenvalue weighted by atomic mass is 10.1. The average molecular weight is 364 g/mol. The van der Waals surface area contributed by atoms with Crippen LogP contribution in [0.5, 0.6) is 11.5 Å². The van der Waals surface area contributed by atoms with Crippen LogP contribution < -0.4 is 9.47 Å². The van der Waals surface area contributed by atoms with Crippen LogP contribution in [0.15, 0.2) is 18.2 Å². The number of piperazine rings is 1. The zero-order valence-corrected chi connectivity index (χ0v) is 15.8. The van der Waals surface area contributed by atoms with Gasteiger partial charge in [0, 0.05) is 39.7 Å². The van der Waals surface area contributed by atoms with Gasteiger partial charge in [0.1, 0.15) is 6.61 Å². The SMILES string of the molecule is CCOc1ccc(CCC(=O)N2CCN(C(=O)COC)CC2)cc1OC. The number of hydrogen-bond donors (Lipinski definition) is 0. The number of hydrogen-bond acceptors (Lipinski definition) is 5. The summed E-state index contributed by atoms with van der Waals surface area (Å²) in [6, 6.07) is 5.75. The summed E-state index contributed by atoms with van der Waals surface area (Å²) in [4.78, 5) is 27.8. The van der Waals surface area contributed by atoms with Crippen molar-refractivity contribution in [1.29, 1.82) is 0 Å². The van der Waals surface area contributed by atoms with E-state index in [1.165, 1.54) is 7.11 Å². The lowest BCUT2D eigenvalue weighted by Crippen LogP contribution is -2.51. The summed E-state index contributed by atoms with van der Waals surface area (Å²) < 4.78 is 15.7. The number of ether oxygens (including phenoxy) is 3. The largest absolute Gasteiger partial charge is 0.493 e. The molecule has 1 saturated heterocycles. The average Bonchev–Trinajstić information content (AvgIpc) is 2.67. The predicted octanol–water partition coefficient (Wildman–Crippen LogP) is 1.34. The minimum absolute atomic E-state index is 0.0268. The summed E-state index contributed by atoms with van der Waals surface area (Å²) in [5.74, 6) is 1.47. The van der Waals surface area contributed by atoms with Gasteiger partial charge < -0.3 is 24.0 Å². The Hall–Kier alpha value is -2.28. The number of carbonyl (C=O) groups is 2. The normalized spacial score (nSPS) is 14.3. The molecule has 26 heavy (non-hydrogen) atoms. The van der Waals surface area contributed by atoms with E-state index in [0.717, 1.165) is 5.56 Å². The molecule has 1 fully saturated rings. The number of methoxy groups -OCH3 is 2. The first-order chi connectivity index (χ1) is 12.6. The number of nitrogens with zero attached hydrogens (tertiary/aromatic N) is 2. The smallest absolute Gasteiger partial charge is 0.248 e. The van der Waals surface area contributed by atoms with Crippen molar-refractivity contribution in [3.8, 4) is 11.5 Å². The Kier molecular flexibility index (Phi) is 7.72. The predicted molar refractivity (Wildman–Crippen MR) is 97.5 cm³/mol. The van der Waals surface area contributed by atoms with Crippen LogP contribution >= 0.6 is 0 Å². The number of rotatable bonds is 8. The Labute approximate surface area is 154 Å². The summed E-state index contributed by atoms with van der Waals surface area (Å²) in [6.07, 6.45) is 1.08. The van der Waals surface area contributed by atoms with Crippen LogP contribution in [0.25, 0.3) is 0 Å². The van der Waals surface area contributed by atoms with E-state index in [1.54, 1.807) is 12.0 Å². The number of amides is 2. The van der Waals surface area contributed by atoms with Gasteiger partial charge in [-0.3, -0.25) is 9.59 Å². The molecule has 1 aliphatic heterocycles. The molecule has 1 aromatic rings. The molecule has 0 atom stereocenters. The van der Waals surface area contributed by atoms with Crippen LogP contribution in [0.1, 0.15) is 18.9 Å². The van der Waals surface area contributed by atoms with E-state index in [-0.39, 0.29) is 18.4 Å². The van der Waals surface area contributed by atoms with Gasteiger partial charge in [-0.15, -0.1) is 0 Å². The molecular formula is C19H28N2O5. The van der Waals surface area contributed by atoms with Gasteiger partial charge in [-0.1, -0.05) is 6.07 Å². The van der Waals surface area contributed by atoms with Gasteiger partial charge in [-0.2, -0.15) is 0 Å². The molecule has 144 valence electrons. The van der Waals surface area contributed by atoms with Gasteiger partial charge in [0.25, 0.3) is 0 Å². The van der Waals surface area contributed by atoms with Crippen molar-refractivity contribution < 1.29 is 23.8 Å². The van der Waals surface area contributed by atoms with Gasteiger partial charge in [-0.05, 0) is 31.0 Å². The lowest BCUT2D eigenvalue weighted by Gasteiger charge is -2.34. The standard InChI is InChI=1S/C19H28N2O5/c1-4-26-16-7-5-15(13-17(16)25-3)6-8-18(22)20-9-11-21(12-10-20)19(23)14-24-2/h5,7,13H,4,6,8-12,14H2,1-3H3. The second-order valence-corrected chi connectivity index (χ2v) is 6.11. The molecule has 0 radical (unpaired) electrons. The third-order valence-corrected chi connectivity index (χ3v) is 4.41. The second kappa shape index (κ2) is 10.0. The van der Waals surface area contributed by atoms with Crippen LogP contribution in [-0.2, 0) is 20.7 Å². The maximum atomic E-state index is 12.4. The molecule has 1 aliphatic rings. The van der Waals surface area contributed by atoms with E-state index in [4.69, 9.17) is 14.2 Å². The summed E-state index contributed by atoms with van der Waals surface area (Å²) in [5, 5.41) is 0. The van der Waals surface area contributed by atoms with Crippen LogP contribution in [-0.4, -0.2) is 75.2 Å². The van der Waals surface area contributed by atoms with E-state index >= 15 is 0 Å². The van der Waals surface area contributed by atoms with Crippen molar-refractivity contribution in [1.82, 2.24) is 9.80 Å². The number of benzene rings is 1. The third kappa shape index (κ3) is 5.36. The highest BCUT2D eigenvalue weighted by Crippen LogP contribution is 2.28. The number of aryl methyl sites for hydroxylation is 1. The molecule has 2 rings (SSSR count). The Balaban J connectivity index is 1.83. The molecular weight excluding hydrogens is 336 g/mol. The van der Waals surface area contributed by atoms with Gasteiger partial charge in [-0.25, -0.2) is 0 Å². The van der Waals surface area contributed by atoms with Gasteiger partial charge in [0.05, 0.1) is 13.7 Å². The van der Waals surface area contributed by atoms with Crippen molar-refractivity contribution in [2.24, 2.45) is 0 Å². The molecule has 1 aromatic carbocycles. The van der Waals surface area contributed by atoms with Gasteiger partial charge in [0.2, 0.25) is 11.8 Å². The Morgan fingerprint density at radius 1 is 1.00 bits per heavy atom. The van der Waals surface area contributed by atoms with Gasteiger partial charge >= 0.3 is 0 Å². The zero-order valence-electron chi connectivity index (χ0n) is 15.8. The molecule has 0 N–H and O–H groups in total. The molecule has 0 spiro atoms. The first-order valence-electron chi connectivity index (χ1n) is 8.93. The Morgan fingerprint density at radius 2 is 1.65 bits per heavy atom. The number of carbonyl (C=O) groups excluding carboxylic acids is 2. The Bertz CT molecular complexity index is 612. The second-order valence-electron chi connectivity index (χ2n) is 6.11. The highest BCUT2D eigenvalue weighted by Gasteiger charge is 2.23. The molecule has 0 aromatic heterocycles. The summed E-state index contributed by atoms with van der Waals surface area (Å²) in [5.41, 5.74) is 1.03. The van der Waals surface area contributed by atoms with E-state index in [1.807, 2.05) is 30.0 Å². The van der Waals surface area contributed by atoms with Crippen LogP contribution in [0.4, 0.5) is 0 Å². The van der Waals surface area contributed by atoms with Crippen molar-refractivity contribution >= 4 is 11.8 Å². The van der Waals surface area contributed by atoms with E-state index in [9.17, 15) is 9.59 Å². The van der Waals surface area contributed by atoms with Crippen LogP contribution in [0, 0.1) is 0 Å². The van der Waals surface area contributed by atoms with Crippen molar-refractivity contribution in [2.45, 2.75) is 19.8 Å². The molecule has 0 bridgehead atoms. The topological polar surface area (TPSA) is 68.3 Å². The third-order valence-electron chi connectivity index (χ3n) is 4.41. The maximum absolute atomic E-state index is 12.4. The zero-order chi connectivity index (χ0) is 18.9. The summed E-state index contributed by atoms with van der Waals surface area (Å²) in [7, 11) is 3.12.